The van der Waals surface area contributed by atoms with Gasteiger partial charge >= 0.3 is 11.9 Å². The number of rotatable bonds is 6. The normalized spacial score (nSPS) is 11.1. The van der Waals surface area contributed by atoms with E-state index in [0.29, 0.717) is 12.6 Å². The van der Waals surface area contributed by atoms with Gasteiger partial charge in [0.15, 0.2) is 11.4 Å². The number of nitrogens with one attached hydrogen (secondary N) is 1. The van der Waals surface area contributed by atoms with E-state index in [9.17, 15) is 18.7 Å². The second kappa shape index (κ2) is 7.28. The molecule has 3 rings (SSSR count). The lowest BCUT2D eigenvalue weighted by molar-refractivity contribution is 0.00717. The number of carbonyl (C=O) groups is 1. The van der Waals surface area contributed by atoms with Crippen molar-refractivity contribution in [3.63, 3.8) is 0 Å². The lowest BCUT2D eigenvalue weighted by atomic mass is 10.2. The van der Waals surface area contributed by atoms with Gasteiger partial charge in [0.25, 0.3) is 0 Å². The number of halogens is 2. The van der Waals surface area contributed by atoms with E-state index in [-0.39, 0.29) is 11.6 Å². The van der Waals surface area contributed by atoms with Crippen molar-refractivity contribution >= 4 is 17.5 Å². The van der Waals surface area contributed by atoms with Gasteiger partial charge in [-0.2, -0.15) is 24.0 Å². The molecule has 0 saturated heterocycles. The fraction of sp³-hybridized carbons (Fsp3) is 0.118. The number of aromatic carboxylic acids is 1. The van der Waals surface area contributed by atoms with Crippen LogP contribution in [0.5, 0.6) is 11.6 Å². The number of alkyl halides is 2. The summed E-state index contributed by atoms with van der Waals surface area (Å²) < 4.78 is 33.1. The first-order valence-electron chi connectivity index (χ1n) is 7.65. The van der Waals surface area contributed by atoms with E-state index in [0.717, 1.165) is 0 Å². The minimum absolute atomic E-state index is 0.237. The van der Waals surface area contributed by atoms with Crippen LogP contribution >= 0.6 is 0 Å². The second-order valence-electron chi connectivity index (χ2n) is 5.44. The second-order valence-corrected chi connectivity index (χ2v) is 5.44. The standard InChI is InChI=1S/C17H13F2N5O3/c1-17(18,19)16-23-13(22-10-7-8-20-21-9-10)12(15(25)26)14(24-16)27-11-5-3-2-4-6-11/h2-9H,1H3,(H,25,26)(H,20,22,23,24). The van der Waals surface area contributed by atoms with Gasteiger partial charge in [-0.1, -0.05) is 18.2 Å². The number of nitrogens with zero attached hydrogens (tertiary/aromatic N) is 4. The number of carboxylic acid groups (broad SMARTS) is 1. The number of para-hydroxylation sites is 1. The van der Waals surface area contributed by atoms with E-state index in [2.05, 4.69) is 25.5 Å². The van der Waals surface area contributed by atoms with Crippen molar-refractivity contribution in [2.75, 3.05) is 5.32 Å². The van der Waals surface area contributed by atoms with Crippen molar-refractivity contribution in [2.24, 2.45) is 0 Å². The monoisotopic (exact) mass is 373 g/mol. The zero-order chi connectivity index (χ0) is 19.4. The molecule has 0 aliphatic heterocycles. The van der Waals surface area contributed by atoms with Gasteiger partial charge in [0.1, 0.15) is 5.75 Å². The number of hydrogen-bond acceptors (Lipinski definition) is 7. The molecule has 0 fully saturated rings. The fourth-order valence-corrected chi connectivity index (χ4v) is 2.10. The fourth-order valence-electron chi connectivity index (χ4n) is 2.10. The highest BCUT2D eigenvalue weighted by Gasteiger charge is 2.33. The van der Waals surface area contributed by atoms with Crippen LogP contribution < -0.4 is 10.1 Å². The molecule has 10 heteroatoms. The first-order chi connectivity index (χ1) is 12.8. The average Bonchev–Trinajstić information content (AvgIpc) is 2.62. The average molecular weight is 373 g/mol. The molecule has 2 N–H and O–H groups in total. The van der Waals surface area contributed by atoms with Crippen LogP contribution in [0.15, 0.2) is 48.8 Å². The molecule has 0 unspecified atom stereocenters. The van der Waals surface area contributed by atoms with E-state index in [4.69, 9.17) is 4.74 Å². The third-order valence-electron chi connectivity index (χ3n) is 3.29. The number of anilines is 2. The van der Waals surface area contributed by atoms with E-state index in [1.807, 2.05) is 0 Å². The number of aromatic nitrogens is 4. The number of hydrogen-bond donors (Lipinski definition) is 2. The Kier molecular flexibility index (Phi) is 4.88. The van der Waals surface area contributed by atoms with Gasteiger partial charge in [0, 0.05) is 6.92 Å². The van der Waals surface area contributed by atoms with Crippen LogP contribution in [-0.2, 0) is 5.92 Å². The quantitative estimate of drug-likeness (QED) is 0.674. The van der Waals surface area contributed by atoms with Crippen LogP contribution in [-0.4, -0.2) is 31.2 Å². The molecule has 0 atom stereocenters. The Balaban J connectivity index is 2.14. The summed E-state index contributed by atoms with van der Waals surface area (Å²) in [5.74, 6) is -6.38. The van der Waals surface area contributed by atoms with Crippen molar-refractivity contribution in [2.45, 2.75) is 12.8 Å². The third kappa shape index (κ3) is 4.29. The van der Waals surface area contributed by atoms with Gasteiger partial charge in [-0.15, -0.1) is 0 Å². The van der Waals surface area contributed by atoms with Crippen LogP contribution in [0, 0.1) is 0 Å². The molecule has 2 heterocycles. The number of carboxylic acids is 1. The first kappa shape index (κ1) is 18.1. The lowest BCUT2D eigenvalue weighted by Gasteiger charge is -2.16. The molecular formula is C17H13F2N5O3. The molecule has 0 spiro atoms. The van der Waals surface area contributed by atoms with Crippen LogP contribution in [0.25, 0.3) is 0 Å². The largest absolute Gasteiger partial charge is 0.477 e. The maximum atomic E-state index is 13.8. The van der Waals surface area contributed by atoms with Crippen molar-refractivity contribution in [1.82, 2.24) is 20.2 Å². The Labute approximate surface area is 151 Å². The molecule has 0 amide bonds. The smallest absolute Gasteiger partial charge is 0.345 e. The summed E-state index contributed by atoms with van der Waals surface area (Å²) in [6.07, 6.45) is 2.63. The van der Waals surface area contributed by atoms with Gasteiger partial charge in [-0.05, 0) is 18.2 Å². The predicted octanol–water partition coefficient (Wildman–Crippen LogP) is 3.61. The molecule has 138 valence electrons. The molecule has 0 bridgehead atoms. The van der Waals surface area contributed by atoms with E-state index < -0.39 is 29.2 Å². The van der Waals surface area contributed by atoms with Crippen LogP contribution in [0.2, 0.25) is 0 Å². The van der Waals surface area contributed by atoms with Gasteiger partial charge in [0.2, 0.25) is 11.7 Å². The van der Waals surface area contributed by atoms with Crippen molar-refractivity contribution < 1.29 is 23.4 Å². The topological polar surface area (TPSA) is 110 Å². The first-order valence-corrected chi connectivity index (χ1v) is 7.65. The zero-order valence-electron chi connectivity index (χ0n) is 13.9. The Hall–Kier alpha value is -3.69. The Bertz CT molecular complexity index is 887. The van der Waals surface area contributed by atoms with E-state index in [1.54, 1.807) is 18.2 Å². The highest BCUT2D eigenvalue weighted by atomic mass is 19.3. The molecular weight excluding hydrogens is 360 g/mol. The Morgan fingerprint density at radius 1 is 1.15 bits per heavy atom. The molecule has 0 radical (unpaired) electrons. The number of benzene rings is 1. The summed E-state index contributed by atoms with van der Waals surface area (Å²) in [5.41, 5.74) is -0.189. The Morgan fingerprint density at radius 3 is 2.48 bits per heavy atom. The predicted molar refractivity (Wildman–Crippen MR) is 90.4 cm³/mol. The van der Waals surface area contributed by atoms with Gasteiger partial charge < -0.3 is 15.2 Å². The maximum Gasteiger partial charge on any atom is 0.345 e. The summed E-state index contributed by atoms with van der Waals surface area (Å²) in [6.45, 7) is 0.604. The molecule has 27 heavy (non-hydrogen) atoms. The summed E-state index contributed by atoms with van der Waals surface area (Å²) in [5, 5.41) is 19.5. The van der Waals surface area contributed by atoms with Crippen LogP contribution in [0.1, 0.15) is 23.1 Å². The van der Waals surface area contributed by atoms with Gasteiger partial charge in [-0.25, -0.2) is 9.78 Å². The summed E-state index contributed by atoms with van der Waals surface area (Å²) in [7, 11) is 0. The van der Waals surface area contributed by atoms with Crippen molar-refractivity contribution in [1.29, 1.82) is 0 Å². The van der Waals surface area contributed by atoms with Crippen LogP contribution in [0.4, 0.5) is 20.3 Å². The molecule has 3 aromatic rings. The zero-order valence-corrected chi connectivity index (χ0v) is 13.9. The molecule has 2 aromatic heterocycles. The number of ether oxygens (including phenoxy) is 1. The van der Waals surface area contributed by atoms with Crippen molar-refractivity contribution in [3.8, 4) is 11.6 Å². The molecule has 0 aliphatic carbocycles. The summed E-state index contributed by atoms with van der Waals surface area (Å²) >= 11 is 0. The Morgan fingerprint density at radius 2 is 1.89 bits per heavy atom. The molecule has 0 saturated carbocycles. The highest BCUT2D eigenvalue weighted by molar-refractivity contribution is 5.96. The molecule has 0 aliphatic rings. The highest BCUT2D eigenvalue weighted by Crippen LogP contribution is 2.33. The van der Waals surface area contributed by atoms with Gasteiger partial charge in [-0.3, -0.25) is 0 Å². The van der Waals surface area contributed by atoms with Crippen LogP contribution in [0.3, 0.4) is 0 Å². The van der Waals surface area contributed by atoms with Gasteiger partial charge in [0.05, 0.1) is 18.1 Å². The summed E-state index contributed by atoms with van der Waals surface area (Å²) in [4.78, 5) is 19.1. The summed E-state index contributed by atoms with van der Waals surface area (Å²) in [6, 6.07) is 9.57. The molecule has 8 nitrogen and oxygen atoms in total. The minimum atomic E-state index is -3.42. The van der Waals surface area contributed by atoms with E-state index in [1.165, 1.54) is 30.6 Å². The van der Waals surface area contributed by atoms with Crippen molar-refractivity contribution in [3.05, 3.63) is 60.2 Å². The minimum Gasteiger partial charge on any atom is -0.477 e. The molecule has 1 aromatic carbocycles. The maximum absolute atomic E-state index is 13.8. The SMILES string of the molecule is CC(F)(F)c1nc(Nc2ccnnc2)c(C(=O)O)c(Oc2ccccc2)n1. The van der Waals surface area contributed by atoms with E-state index >= 15 is 0 Å². The lowest BCUT2D eigenvalue weighted by Crippen LogP contribution is -2.18. The third-order valence-corrected chi connectivity index (χ3v) is 3.29.